The van der Waals surface area contributed by atoms with Gasteiger partial charge in [0.2, 0.25) is 0 Å². The van der Waals surface area contributed by atoms with Gasteiger partial charge in [-0.25, -0.2) is 0 Å². The summed E-state index contributed by atoms with van der Waals surface area (Å²) in [6.45, 7) is 8.32. The van der Waals surface area contributed by atoms with Crippen molar-refractivity contribution in [3.63, 3.8) is 0 Å². The smallest absolute Gasteiger partial charge is 0.0841 e. The summed E-state index contributed by atoms with van der Waals surface area (Å²) in [4.78, 5) is 0. The maximum Gasteiger partial charge on any atom is 0.0841 e. The van der Waals surface area contributed by atoms with Gasteiger partial charge in [0, 0.05) is 5.92 Å². The highest BCUT2D eigenvalue weighted by molar-refractivity contribution is 5.43. The predicted molar refractivity (Wildman–Crippen MR) is 76.5 cm³/mol. The molecule has 0 aliphatic heterocycles. The van der Waals surface area contributed by atoms with Gasteiger partial charge < -0.3 is 5.11 Å². The molecule has 0 fully saturated rings. The van der Waals surface area contributed by atoms with Gasteiger partial charge in [0.15, 0.2) is 0 Å². The Morgan fingerprint density at radius 3 is 2.39 bits per heavy atom. The van der Waals surface area contributed by atoms with Crippen LogP contribution < -0.4 is 0 Å². The lowest BCUT2D eigenvalue weighted by Gasteiger charge is -2.28. The summed E-state index contributed by atoms with van der Waals surface area (Å²) in [5.74, 6) is 0.304. The van der Waals surface area contributed by atoms with Crippen LogP contribution in [0.3, 0.4) is 0 Å². The molecule has 96 valence electrons. The van der Waals surface area contributed by atoms with Gasteiger partial charge in [0.25, 0.3) is 0 Å². The van der Waals surface area contributed by atoms with E-state index in [1.165, 1.54) is 11.1 Å². The highest BCUT2D eigenvalue weighted by Crippen LogP contribution is 2.38. The van der Waals surface area contributed by atoms with E-state index in [-0.39, 0.29) is 5.41 Å². The van der Waals surface area contributed by atoms with Gasteiger partial charge in [-0.1, -0.05) is 68.8 Å². The summed E-state index contributed by atoms with van der Waals surface area (Å²) in [6, 6.07) is 8.21. The third kappa shape index (κ3) is 2.56. The third-order valence-electron chi connectivity index (χ3n) is 3.48. The van der Waals surface area contributed by atoms with Crippen LogP contribution in [-0.4, -0.2) is 5.11 Å². The Kier molecular flexibility index (Phi) is 3.45. The average molecular weight is 242 g/mol. The lowest BCUT2D eigenvalue weighted by Crippen LogP contribution is -2.19. The van der Waals surface area contributed by atoms with Crippen molar-refractivity contribution in [2.24, 2.45) is 5.41 Å². The Morgan fingerprint density at radius 1 is 1.17 bits per heavy atom. The van der Waals surface area contributed by atoms with Crippen LogP contribution in [0.25, 0.3) is 0 Å². The molecule has 0 radical (unpaired) electrons. The Labute approximate surface area is 110 Å². The van der Waals surface area contributed by atoms with E-state index in [1.54, 1.807) is 0 Å². The molecule has 1 aliphatic carbocycles. The molecular weight excluding hydrogens is 220 g/mol. The van der Waals surface area contributed by atoms with E-state index in [4.69, 9.17) is 0 Å². The molecule has 1 aromatic rings. The highest BCUT2D eigenvalue weighted by atomic mass is 16.3. The van der Waals surface area contributed by atoms with Crippen LogP contribution in [0.1, 0.15) is 50.8 Å². The molecule has 0 amide bonds. The van der Waals surface area contributed by atoms with Crippen LogP contribution in [0.2, 0.25) is 0 Å². The van der Waals surface area contributed by atoms with E-state index in [9.17, 15) is 5.11 Å². The normalized spacial score (nSPS) is 20.9. The second kappa shape index (κ2) is 4.74. The molecule has 2 rings (SSSR count). The van der Waals surface area contributed by atoms with Crippen molar-refractivity contribution in [2.75, 3.05) is 0 Å². The molecule has 0 heterocycles. The van der Waals surface area contributed by atoms with Gasteiger partial charge in [0.05, 0.1) is 6.10 Å². The molecule has 0 bridgehead atoms. The van der Waals surface area contributed by atoms with Crippen LogP contribution in [0.15, 0.2) is 48.1 Å². The fraction of sp³-hybridized carbons (Fsp3) is 0.412. The summed E-state index contributed by atoms with van der Waals surface area (Å²) in [6.07, 6.45) is 6.15. The first-order valence-electron chi connectivity index (χ1n) is 6.53. The number of aliphatic hydroxyl groups excluding tert-OH is 1. The Balaban J connectivity index is 2.41. The number of hydrogen-bond acceptors (Lipinski definition) is 1. The van der Waals surface area contributed by atoms with Crippen molar-refractivity contribution >= 4 is 0 Å². The number of allylic oxidation sites excluding steroid dienone is 4. The molecule has 0 saturated carbocycles. The second-order valence-corrected chi connectivity index (χ2v) is 6.19. The third-order valence-corrected chi connectivity index (χ3v) is 3.48. The van der Waals surface area contributed by atoms with Crippen LogP contribution in [0.5, 0.6) is 0 Å². The molecule has 1 N–H and O–H groups in total. The molecule has 0 saturated heterocycles. The van der Waals surface area contributed by atoms with Crippen molar-refractivity contribution in [1.82, 2.24) is 0 Å². The van der Waals surface area contributed by atoms with Gasteiger partial charge in [-0.3, -0.25) is 0 Å². The molecule has 1 heteroatoms. The zero-order valence-electron chi connectivity index (χ0n) is 11.6. The number of aliphatic hydroxyl groups is 1. The Morgan fingerprint density at radius 2 is 1.83 bits per heavy atom. The zero-order valence-corrected chi connectivity index (χ0v) is 11.6. The number of benzene rings is 1. The van der Waals surface area contributed by atoms with E-state index in [2.05, 4.69) is 52.0 Å². The summed E-state index contributed by atoms with van der Waals surface area (Å²) in [5, 5.41) is 10.5. The standard InChI is InChI=1S/C17H22O/c1-12-9-10-13(11-12)14-7-5-6-8-15(14)16(18)17(2,3)4/h5-11,13,16,18H,1-4H3. The molecule has 2 unspecified atom stereocenters. The van der Waals surface area contributed by atoms with Gasteiger partial charge in [-0.05, 0) is 23.5 Å². The minimum absolute atomic E-state index is 0.142. The van der Waals surface area contributed by atoms with Crippen molar-refractivity contribution < 1.29 is 5.11 Å². The largest absolute Gasteiger partial charge is 0.388 e. The van der Waals surface area contributed by atoms with E-state index in [0.29, 0.717) is 5.92 Å². The average Bonchev–Trinajstić information content (AvgIpc) is 2.73. The Bertz CT molecular complexity index is 489. The first-order valence-corrected chi connectivity index (χ1v) is 6.53. The lowest BCUT2D eigenvalue weighted by atomic mass is 9.81. The quantitative estimate of drug-likeness (QED) is 0.816. The summed E-state index contributed by atoms with van der Waals surface area (Å²) in [7, 11) is 0. The van der Waals surface area contributed by atoms with Crippen LogP contribution in [0, 0.1) is 5.41 Å². The molecule has 18 heavy (non-hydrogen) atoms. The molecule has 0 spiro atoms. The van der Waals surface area contributed by atoms with Crippen LogP contribution in [0.4, 0.5) is 0 Å². The highest BCUT2D eigenvalue weighted by Gasteiger charge is 2.27. The van der Waals surface area contributed by atoms with Gasteiger partial charge in [-0.2, -0.15) is 0 Å². The fourth-order valence-corrected chi connectivity index (χ4v) is 2.37. The van der Waals surface area contributed by atoms with Crippen molar-refractivity contribution in [1.29, 1.82) is 0 Å². The van der Waals surface area contributed by atoms with Crippen LogP contribution in [-0.2, 0) is 0 Å². The van der Waals surface area contributed by atoms with E-state index >= 15 is 0 Å². The lowest BCUT2D eigenvalue weighted by molar-refractivity contribution is 0.0619. The number of hydrogen-bond donors (Lipinski definition) is 1. The number of rotatable bonds is 2. The van der Waals surface area contributed by atoms with E-state index < -0.39 is 6.10 Å². The Hall–Kier alpha value is -1.34. The molecular formula is C17H22O. The van der Waals surface area contributed by atoms with E-state index in [0.717, 1.165) is 5.56 Å². The fourth-order valence-electron chi connectivity index (χ4n) is 2.37. The molecule has 2 atom stereocenters. The topological polar surface area (TPSA) is 20.2 Å². The van der Waals surface area contributed by atoms with Crippen molar-refractivity contribution in [2.45, 2.75) is 39.7 Å². The van der Waals surface area contributed by atoms with Gasteiger partial charge in [-0.15, -0.1) is 0 Å². The summed E-state index contributed by atoms with van der Waals surface area (Å²) in [5.41, 5.74) is 3.41. The summed E-state index contributed by atoms with van der Waals surface area (Å²) >= 11 is 0. The molecule has 1 aliphatic rings. The first-order chi connectivity index (χ1) is 8.39. The monoisotopic (exact) mass is 242 g/mol. The first kappa shape index (κ1) is 13.1. The SMILES string of the molecule is CC1=CC(c2ccccc2C(O)C(C)(C)C)C=C1. The molecule has 0 aromatic heterocycles. The van der Waals surface area contributed by atoms with Crippen molar-refractivity contribution in [3.8, 4) is 0 Å². The molecule has 1 aromatic carbocycles. The van der Waals surface area contributed by atoms with Gasteiger partial charge >= 0.3 is 0 Å². The second-order valence-electron chi connectivity index (χ2n) is 6.19. The van der Waals surface area contributed by atoms with Gasteiger partial charge in [0.1, 0.15) is 0 Å². The van der Waals surface area contributed by atoms with E-state index in [1.807, 2.05) is 18.2 Å². The minimum atomic E-state index is -0.434. The van der Waals surface area contributed by atoms with Crippen LogP contribution >= 0.6 is 0 Å². The minimum Gasteiger partial charge on any atom is -0.388 e. The summed E-state index contributed by atoms with van der Waals surface area (Å²) < 4.78 is 0. The maximum absolute atomic E-state index is 10.5. The molecule has 1 nitrogen and oxygen atoms in total. The predicted octanol–water partition coefficient (Wildman–Crippen LogP) is 4.37. The zero-order chi connectivity index (χ0) is 13.3. The van der Waals surface area contributed by atoms with Crippen molar-refractivity contribution in [3.05, 3.63) is 59.2 Å². The maximum atomic E-state index is 10.5.